The molecule has 1 aliphatic carbocycles. The van der Waals surface area contributed by atoms with E-state index in [0.717, 1.165) is 22.6 Å². The number of phenols is 1. The van der Waals surface area contributed by atoms with E-state index < -0.39 is 0 Å². The summed E-state index contributed by atoms with van der Waals surface area (Å²) in [6.45, 7) is 6.59. The Balaban J connectivity index is 1.80. The summed E-state index contributed by atoms with van der Waals surface area (Å²) in [6.07, 6.45) is 7.24. The molecular weight excluding hydrogens is 362 g/mol. The molecule has 1 fully saturated rings. The highest BCUT2D eigenvalue weighted by Crippen LogP contribution is 2.56. The van der Waals surface area contributed by atoms with Crippen LogP contribution in [0.4, 0.5) is 5.69 Å². The molecule has 0 unspecified atom stereocenters. The van der Waals surface area contributed by atoms with Crippen LogP contribution < -0.4 is 14.8 Å². The van der Waals surface area contributed by atoms with E-state index in [4.69, 9.17) is 9.47 Å². The largest absolute Gasteiger partial charge is 0.504 e. The van der Waals surface area contributed by atoms with Crippen molar-refractivity contribution in [3.8, 4) is 28.4 Å². The third-order valence-corrected chi connectivity index (χ3v) is 6.61. The summed E-state index contributed by atoms with van der Waals surface area (Å²) in [4.78, 5) is 0. The molecule has 4 heteroatoms. The topological polar surface area (TPSA) is 50.7 Å². The standard InChI is InChI=1S/C25H29NO3/c1-14-13-25(2,3)26-17-10-9-16-21-19(12-11-18(27)24(21)28-4)29-23(22(16)20(14)17)15-7-5-6-8-15/h9-13,15,23,26-27H,5-8H2,1-4H3/t23-/m0/s1. The van der Waals surface area contributed by atoms with E-state index in [9.17, 15) is 5.11 Å². The number of hydrogen-bond donors (Lipinski definition) is 2. The smallest absolute Gasteiger partial charge is 0.172 e. The second-order valence-electron chi connectivity index (χ2n) is 9.20. The van der Waals surface area contributed by atoms with Crippen molar-refractivity contribution in [3.63, 3.8) is 0 Å². The first-order valence-corrected chi connectivity index (χ1v) is 10.6. The molecule has 3 aliphatic rings. The Hall–Kier alpha value is -2.62. The minimum Gasteiger partial charge on any atom is -0.504 e. The predicted molar refractivity (Wildman–Crippen MR) is 117 cm³/mol. The maximum absolute atomic E-state index is 10.4. The number of rotatable bonds is 2. The molecular formula is C25H29NO3. The van der Waals surface area contributed by atoms with E-state index in [0.29, 0.717) is 11.7 Å². The summed E-state index contributed by atoms with van der Waals surface area (Å²) >= 11 is 0. The molecule has 1 atom stereocenters. The normalized spacial score (nSPS) is 21.9. The summed E-state index contributed by atoms with van der Waals surface area (Å²) in [6, 6.07) is 7.88. The first-order valence-electron chi connectivity index (χ1n) is 10.6. The number of fused-ring (bicyclic) bond motifs is 5. The second-order valence-corrected chi connectivity index (χ2v) is 9.20. The lowest BCUT2D eigenvalue weighted by Gasteiger charge is -2.39. The molecule has 2 aliphatic heterocycles. The van der Waals surface area contributed by atoms with Crippen LogP contribution in [0.3, 0.4) is 0 Å². The van der Waals surface area contributed by atoms with Crippen LogP contribution in [0.5, 0.6) is 17.2 Å². The highest BCUT2D eigenvalue weighted by atomic mass is 16.5. The minimum atomic E-state index is -0.0857. The Morgan fingerprint density at radius 1 is 1.10 bits per heavy atom. The molecule has 0 aromatic heterocycles. The molecule has 4 nitrogen and oxygen atoms in total. The second kappa shape index (κ2) is 6.45. The van der Waals surface area contributed by atoms with Crippen molar-refractivity contribution in [1.82, 2.24) is 0 Å². The minimum absolute atomic E-state index is 0.0237. The number of hydrogen-bond acceptors (Lipinski definition) is 4. The molecule has 2 aromatic rings. The number of allylic oxidation sites excluding steroid dienone is 1. The molecule has 0 radical (unpaired) electrons. The van der Waals surface area contributed by atoms with Gasteiger partial charge in [-0.25, -0.2) is 0 Å². The Labute approximate surface area is 172 Å². The van der Waals surface area contributed by atoms with Gasteiger partial charge in [-0.05, 0) is 62.9 Å². The van der Waals surface area contributed by atoms with Gasteiger partial charge in [-0.2, -0.15) is 0 Å². The Morgan fingerprint density at radius 2 is 1.86 bits per heavy atom. The number of anilines is 1. The molecule has 152 valence electrons. The molecule has 1 saturated carbocycles. The van der Waals surface area contributed by atoms with Gasteiger partial charge in [0, 0.05) is 22.7 Å². The zero-order valence-electron chi connectivity index (χ0n) is 17.6. The van der Waals surface area contributed by atoms with Gasteiger partial charge in [-0.3, -0.25) is 0 Å². The lowest BCUT2D eigenvalue weighted by Crippen LogP contribution is -2.33. The van der Waals surface area contributed by atoms with Crippen molar-refractivity contribution in [2.24, 2.45) is 5.92 Å². The highest BCUT2D eigenvalue weighted by molar-refractivity contribution is 5.92. The van der Waals surface area contributed by atoms with Gasteiger partial charge >= 0.3 is 0 Å². The fourth-order valence-corrected chi connectivity index (χ4v) is 5.56. The maximum atomic E-state index is 10.4. The summed E-state index contributed by atoms with van der Waals surface area (Å²) in [5.74, 6) is 1.94. The van der Waals surface area contributed by atoms with Crippen molar-refractivity contribution in [1.29, 1.82) is 0 Å². The third-order valence-electron chi connectivity index (χ3n) is 6.61. The van der Waals surface area contributed by atoms with E-state index in [2.05, 4.69) is 44.3 Å². The number of nitrogens with one attached hydrogen (secondary N) is 1. The molecule has 2 N–H and O–H groups in total. The van der Waals surface area contributed by atoms with Crippen LogP contribution in [-0.4, -0.2) is 17.8 Å². The van der Waals surface area contributed by atoms with Crippen LogP contribution in [0.1, 0.15) is 63.7 Å². The van der Waals surface area contributed by atoms with E-state index in [1.165, 1.54) is 42.4 Å². The number of benzene rings is 2. The van der Waals surface area contributed by atoms with Crippen LogP contribution in [0.25, 0.3) is 16.7 Å². The van der Waals surface area contributed by atoms with E-state index in [1.807, 2.05) is 6.07 Å². The third kappa shape index (κ3) is 2.80. The van der Waals surface area contributed by atoms with Gasteiger partial charge in [0.05, 0.1) is 18.2 Å². The lowest BCUT2D eigenvalue weighted by atomic mass is 9.78. The van der Waals surface area contributed by atoms with Crippen molar-refractivity contribution in [2.45, 2.75) is 58.1 Å². The first-order chi connectivity index (χ1) is 13.9. The van der Waals surface area contributed by atoms with Crippen LogP contribution in [0.15, 0.2) is 30.3 Å². The molecule has 0 amide bonds. The summed E-state index contributed by atoms with van der Waals surface area (Å²) in [5.41, 5.74) is 6.80. The zero-order valence-corrected chi connectivity index (χ0v) is 17.6. The molecule has 2 aromatic carbocycles. The SMILES string of the molecule is COc1c(O)ccc2c1-c1ccc3c(c1[C@H](C1CCCC1)O2)C(C)=CC(C)(C)N3. The zero-order chi connectivity index (χ0) is 20.3. The average Bonchev–Trinajstić information content (AvgIpc) is 3.20. The highest BCUT2D eigenvalue weighted by Gasteiger charge is 2.39. The van der Waals surface area contributed by atoms with E-state index in [1.54, 1.807) is 13.2 Å². The van der Waals surface area contributed by atoms with E-state index >= 15 is 0 Å². The monoisotopic (exact) mass is 391 g/mol. The summed E-state index contributed by atoms with van der Waals surface area (Å²) in [5, 5.41) is 14.1. The van der Waals surface area contributed by atoms with Crippen LogP contribution in [0.2, 0.25) is 0 Å². The van der Waals surface area contributed by atoms with Gasteiger partial charge in [-0.1, -0.05) is 25.0 Å². The fourth-order valence-electron chi connectivity index (χ4n) is 5.56. The van der Waals surface area contributed by atoms with Gasteiger partial charge in [0.15, 0.2) is 11.5 Å². The molecule has 5 rings (SSSR count). The van der Waals surface area contributed by atoms with Crippen LogP contribution >= 0.6 is 0 Å². The molecule has 29 heavy (non-hydrogen) atoms. The fraction of sp³-hybridized carbons (Fsp3) is 0.440. The van der Waals surface area contributed by atoms with Crippen LogP contribution in [-0.2, 0) is 0 Å². The maximum Gasteiger partial charge on any atom is 0.172 e. The molecule has 0 saturated heterocycles. The average molecular weight is 392 g/mol. The van der Waals surface area contributed by atoms with Crippen molar-refractivity contribution in [2.75, 3.05) is 12.4 Å². The van der Waals surface area contributed by atoms with Gasteiger partial charge in [0.1, 0.15) is 11.9 Å². The number of methoxy groups -OCH3 is 1. The number of phenolic OH excluding ortho intramolecular Hbond substituents is 1. The molecule has 0 spiro atoms. The van der Waals surface area contributed by atoms with Gasteiger partial charge in [0.25, 0.3) is 0 Å². The Bertz CT molecular complexity index is 1020. The predicted octanol–water partition coefficient (Wildman–Crippen LogP) is 6.30. The number of aromatic hydroxyl groups is 1. The summed E-state index contributed by atoms with van der Waals surface area (Å²) < 4.78 is 12.3. The van der Waals surface area contributed by atoms with Gasteiger partial charge in [-0.15, -0.1) is 0 Å². The van der Waals surface area contributed by atoms with Crippen molar-refractivity contribution >= 4 is 11.3 Å². The van der Waals surface area contributed by atoms with Crippen molar-refractivity contribution in [3.05, 3.63) is 41.5 Å². The molecule has 0 bridgehead atoms. The van der Waals surface area contributed by atoms with Gasteiger partial charge in [0.2, 0.25) is 0 Å². The first kappa shape index (κ1) is 18.4. The Morgan fingerprint density at radius 3 is 2.59 bits per heavy atom. The van der Waals surface area contributed by atoms with Gasteiger partial charge < -0.3 is 19.9 Å². The summed E-state index contributed by atoms with van der Waals surface area (Å²) in [7, 11) is 1.60. The van der Waals surface area contributed by atoms with Crippen molar-refractivity contribution < 1.29 is 14.6 Å². The molecule has 2 heterocycles. The number of ether oxygens (including phenoxy) is 2. The van der Waals surface area contributed by atoms with Crippen LogP contribution in [0, 0.1) is 5.92 Å². The van der Waals surface area contributed by atoms with E-state index in [-0.39, 0.29) is 17.4 Å². The Kier molecular flexibility index (Phi) is 4.09. The lowest BCUT2D eigenvalue weighted by molar-refractivity contribution is 0.134. The quantitative estimate of drug-likeness (QED) is 0.631.